The molecule has 1 aromatic carbocycles. The second kappa shape index (κ2) is 5.52. The smallest absolute Gasteiger partial charge is 0.406 e. The number of hydrogen-bond donors (Lipinski definition) is 0. The van der Waals surface area contributed by atoms with Crippen LogP contribution in [0.4, 0.5) is 18.9 Å². The number of piperazine rings is 1. The molecule has 3 nitrogen and oxygen atoms in total. The lowest BCUT2D eigenvalue weighted by Crippen LogP contribution is -2.55. The zero-order valence-corrected chi connectivity index (χ0v) is 11.8. The van der Waals surface area contributed by atoms with Crippen LogP contribution in [0.1, 0.15) is 13.8 Å². The van der Waals surface area contributed by atoms with Crippen molar-refractivity contribution in [3.05, 3.63) is 24.3 Å². The third-order valence-electron chi connectivity index (χ3n) is 3.70. The van der Waals surface area contributed by atoms with Gasteiger partial charge in [-0.05, 0) is 45.2 Å². The number of ether oxygens (including phenoxy) is 1. The number of benzene rings is 1. The van der Waals surface area contributed by atoms with Crippen LogP contribution in [0.3, 0.4) is 0 Å². The van der Waals surface area contributed by atoms with E-state index in [1.165, 1.54) is 12.1 Å². The zero-order valence-electron chi connectivity index (χ0n) is 11.8. The summed E-state index contributed by atoms with van der Waals surface area (Å²) in [6, 6.07) is 6.81. The first kappa shape index (κ1) is 15.0. The van der Waals surface area contributed by atoms with Gasteiger partial charge in [0.05, 0.1) is 0 Å². The number of anilines is 1. The topological polar surface area (TPSA) is 15.7 Å². The molecule has 0 bridgehead atoms. The molecule has 0 saturated carbocycles. The van der Waals surface area contributed by atoms with Gasteiger partial charge in [0.25, 0.3) is 0 Å². The Morgan fingerprint density at radius 2 is 1.65 bits per heavy atom. The molecular weight excluding hydrogens is 269 g/mol. The molecule has 1 aliphatic heterocycles. The van der Waals surface area contributed by atoms with Crippen molar-refractivity contribution in [3.8, 4) is 5.75 Å². The van der Waals surface area contributed by atoms with Crippen molar-refractivity contribution in [2.45, 2.75) is 32.3 Å². The van der Waals surface area contributed by atoms with E-state index in [-0.39, 0.29) is 5.75 Å². The maximum absolute atomic E-state index is 12.1. The maximum atomic E-state index is 12.1. The Balaban J connectivity index is 2.09. The summed E-state index contributed by atoms with van der Waals surface area (Å²) < 4.78 is 40.2. The second-order valence-corrected chi connectivity index (χ2v) is 5.33. The summed E-state index contributed by atoms with van der Waals surface area (Å²) >= 11 is 0. The van der Waals surface area contributed by atoms with Crippen molar-refractivity contribution in [3.63, 3.8) is 0 Å². The van der Waals surface area contributed by atoms with E-state index >= 15 is 0 Å². The van der Waals surface area contributed by atoms with Gasteiger partial charge in [-0.15, -0.1) is 13.2 Å². The van der Waals surface area contributed by atoms with Crippen LogP contribution in [-0.4, -0.2) is 43.5 Å². The van der Waals surface area contributed by atoms with E-state index in [1.807, 2.05) is 0 Å². The minimum Gasteiger partial charge on any atom is -0.406 e. The number of nitrogens with zero attached hydrogens (tertiary/aromatic N) is 2. The third-order valence-corrected chi connectivity index (χ3v) is 3.70. The summed E-state index contributed by atoms with van der Waals surface area (Å²) in [5, 5.41) is 0. The van der Waals surface area contributed by atoms with Crippen molar-refractivity contribution < 1.29 is 17.9 Å². The average molecular weight is 288 g/mol. The van der Waals surface area contributed by atoms with Crippen LogP contribution in [0.25, 0.3) is 0 Å². The molecule has 2 rings (SSSR count). The largest absolute Gasteiger partial charge is 0.573 e. The molecule has 0 N–H and O–H groups in total. The monoisotopic (exact) mass is 288 g/mol. The molecule has 0 radical (unpaired) electrons. The molecule has 0 spiro atoms. The molecule has 1 saturated heterocycles. The fraction of sp³-hybridized carbons (Fsp3) is 0.571. The summed E-state index contributed by atoms with van der Waals surface area (Å²) in [7, 11) is 2.08. The van der Waals surface area contributed by atoms with Crippen LogP contribution < -0.4 is 9.64 Å². The minimum atomic E-state index is -4.64. The normalized spacial score (nSPS) is 24.8. The summed E-state index contributed by atoms with van der Waals surface area (Å²) in [6.07, 6.45) is -4.64. The molecule has 0 aromatic heterocycles. The highest BCUT2D eigenvalue weighted by atomic mass is 19.4. The van der Waals surface area contributed by atoms with E-state index in [9.17, 15) is 13.2 Å². The van der Waals surface area contributed by atoms with Crippen LogP contribution in [0.15, 0.2) is 24.3 Å². The standard InChI is InChI=1S/C14H19F3N2O/c1-10-9-19(11(2)8-18(10)3)12-4-6-13(7-5-12)20-14(15,16)17/h4-7,10-11H,8-9H2,1-3H3/t10-,11+/m1/s1. The molecule has 2 atom stereocenters. The number of rotatable bonds is 2. The highest BCUT2D eigenvalue weighted by Crippen LogP contribution is 2.27. The first-order valence-electron chi connectivity index (χ1n) is 6.59. The summed E-state index contributed by atoms with van der Waals surface area (Å²) in [5.74, 6) is -0.184. The van der Waals surface area contributed by atoms with E-state index in [0.29, 0.717) is 12.1 Å². The Morgan fingerprint density at radius 3 is 2.20 bits per heavy atom. The third kappa shape index (κ3) is 3.56. The lowest BCUT2D eigenvalue weighted by Gasteiger charge is -2.43. The quantitative estimate of drug-likeness (QED) is 0.831. The lowest BCUT2D eigenvalue weighted by atomic mass is 10.1. The molecule has 1 heterocycles. The molecule has 1 fully saturated rings. The first-order valence-corrected chi connectivity index (χ1v) is 6.59. The van der Waals surface area contributed by atoms with Crippen molar-refractivity contribution in [1.82, 2.24) is 4.90 Å². The van der Waals surface area contributed by atoms with Crippen molar-refractivity contribution in [2.24, 2.45) is 0 Å². The molecule has 20 heavy (non-hydrogen) atoms. The Labute approximate surface area is 116 Å². The Kier molecular flexibility index (Phi) is 4.13. The summed E-state index contributed by atoms with van der Waals surface area (Å²) in [5.41, 5.74) is 0.923. The maximum Gasteiger partial charge on any atom is 0.573 e. The molecule has 0 unspecified atom stereocenters. The summed E-state index contributed by atoms with van der Waals surface area (Å²) in [4.78, 5) is 4.49. The predicted octanol–water partition coefficient (Wildman–Crippen LogP) is 3.11. The fourth-order valence-corrected chi connectivity index (χ4v) is 2.50. The van der Waals surface area contributed by atoms with Gasteiger partial charge in [-0.2, -0.15) is 0 Å². The van der Waals surface area contributed by atoms with Crippen LogP contribution in [0.5, 0.6) is 5.75 Å². The van der Waals surface area contributed by atoms with Gasteiger partial charge in [-0.3, -0.25) is 4.90 Å². The molecule has 0 amide bonds. The van der Waals surface area contributed by atoms with Gasteiger partial charge in [0.1, 0.15) is 5.75 Å². The molecule has 6 heteroatoms. The van der Waals surface area contributed by atoms with E-state index in [0.717, 1.165) is 18.8 Å². The highest BCUT2D eigenvalue weighted by molar-refractivity contribution is 5.50. The number of likely N-dealkylation sites (N-methyl/N-ethyl adjacent to an activating group) is 1. The van der Waals surface area contributed by atoms with Gasteiger partial charge in [-0.25, -0.2) is 0 Å². The van der Waals surface area contributed by atoms with E-state index in [1.54, 1.807) is 12.1 Å². The molecule has 0 aliphatic carbocycles. The fourth-order valence-electron chi connectivity index (χ4n) is 2.50. The average Bonchev–Trinajstić information content (AvgIpc) is 2.33. The zero-order chi connectivity index (χ0) is 14.9. The predicted molar refractivity (Wildman–Crippen MR) is 72.0 cm³/mol. The van der Waals surface area contributed by atoms with E-state index in [4.69, 9.17) is 0 Å². The van der Waals surface area contributed by atoms with Crippen molar-refractivity contribution >= 4 is 5.69 Å². The number of hydrogen-bond acceptors (Lipinski definition) is 3. The van der Waals surface area contributed by atoms with Gasteiger partial charge in [-0.1, -0.05) is 0 Å². The van der Waals surface area contributed by atoms with Crippen molar-refractivity contribution in [2.75, 3.05) is 25.0 Å². The lowest BCUT2D eigenvalue weighted by molar-refractivity contribution is -0.274. The highest BCUT2D eigenvalue weighted by Gasteiger charge is 2.31. The minimum absolute atomic E-state index is 0.184. The van der Waals surface area contributed by atoms with Crippen LogP contribution in [-0.2, 0) is 0 Å². The van der Waals surface area contributed by atoms with E-state index < -0.39 is 6.36 Å². The second-order valence-electron chi connectivity index (χ2n) is 5.33. The Hall–Kier alpha value is -1.43. The molecule has 1 aliphatic rings. The van der Waals surface area contributed by atoms with Gasteiger partial charge < -0.3 is 9.64 Å². The summed E-state index contributed by atoms with van der Waals surface area (Å²) in [6.45, 7) is 6.04. The van der Waals surface area contributed by atoms with E-state index in [2.05, 4.69) is 35.4 Å². The van der Waals surface area contributed by atoms with Crippen LogP contribution in [0.2, 0.25) is 0 Å². The van der Waals surface area contributed by atoms with Gasteiger partial charge in [0, 0.05) is 30.9 Å². The van der Waals surface area contributed by atoms with Gasteiger partial charge in [0.15, 0.2) is 0 Å². The number of halogens is 3. The molecule has 112 valence electrons. The number of alkyl halides is 3. The molecule has 1 aromatic rings. The van der Waals surface area contributed by atoms with Crippen LogP contribution >= 0.6 is 0 Å². The van der Waals surface area contributed by atoms with Gasteiger partial charge >= 0.3 is 6.36 Å². The van der Waals surface area contributed by atoms with Crippen LogP contribution in [0, 0.1) is 0 Å². The van der Waals surface area contributed by atoms with Crippen molar-refractivity contribution in [1.29, 1.82) is 0 Å². The Bertz CT molecular complexity index is 447. The SMILES string of the molecule is C[C@@H]1CN(c2ccc(OC(F)(F)F)cc2)[C@@H](C)CN1C. The Morgan fingerprint density at radius 1 is 1.05 bits per heavy atom. The molecular formula is C14H19F3N2O. The first-order chi connectivity index (χ1) is 9.26. The van der Waals surface area contributed by atoms with Gasteiger partial charge in [0.2, 0.25) is 0 Å².